The van der Waals surface area contributed by atoms with Gasteiger partial charge in [-0.25, -0.2) is 0 Å². The Labute approximate surface area is 105 Å². The number of hydrogen-bond donors (Lipinski definition) is 1. The predicted octanol–water partition coefficient (Wildman–Crippen LogP) is 4.01. The maximum atomic E-state index is 9.62. The molecule has 1 atom stereocenters. The first-order valence-corrected chi connectivity index (χ1v) is 7.83. The molecule has 1 unspecified atom stereocenters. The minimum absolute atomic E-state index is 0.632. The highest BCUT2D eigenvalue weighted by Crippen LogP contribution is 2.49. The van der Waals surface area contributed by atoms with E-state index in [1.54, 1.807) is 16.8 Å². The Hall–Kier alpha value is 0.500. The summed E-state index contributed by atoms with van der Waals surface area (Å²) in [5, 5.41) is 1.28. The van der Waals surface area contributed by atoms with Gasteiger partial charge in [-0.15, -0.1) is 0 Å². The van der Waals surface area contributed by atoms with Crippen LogP contribution in [-0.2, 0) is 5.75 Å². The predicted molar refractivity (Wildman–Crippen MR) is 70.6 cm³/mol. The Morgan fingerprint density at radius 1 is 1.40 bits per heavy atom. The zero-order valence-electron chi connectivity index (χ0n) is 8.44. The Morgan fingerprint density at radius 3 is 2.60 bits per heavy atom. The van der Waals surface area contributed by atoms with Gasteiger partial charge >= 0.3 is 0 Å². The van der Waals surface area contributed by atoms with E-state index < -0.39 is 7.50 Å². The second kappa shape index (κ2) is 6.29. The lowest BCUT2D eigenvalue weighted by Crippen LogP contribution is -2.01. The highest BCUT2D eigenvalue weighted by molar-refractivity contribution is 8.52. The van der Waals surface area contributed by atoms with Gasteiger partial charge in [0.05, 0.1) is 0 Å². The molecule has 2 nitrogen and oxygen atoms in total. The van der Waals surface area contributed by atoms with Crippen molar-refractivity contribution >= 4 is 42.1 Å². The smallest absolute Gasteiger partial charge is 0.166 e. The zero-order chi connectivity index (χ0) is 11.4. The van der Waals surface area contributed by atoms with Crippen LogP contribution >= 0.6 is 42.1 Å². The summed E-state index contributed by atoms with van der Waals surface area (Å²) < 4.78 is 1.80. The van der Waals surface area contributed by atoms with Gasteiger partial charge < -0.3 is 4.89 Å². The van der Waals surface area contributed by atoms with Gasteiger partial charge in [-0.1, -0.05) is 40.6 Å². The van der Waals surface area contributed by atoms with E-state index in [1.807, 2.05) is 20.2 Å². The molecule has 6 heteroatoms. The molecule has 84 valence electrons. The number of benzene rings is 1. The second-order valence-corrected chi connectivity index (χ2v) is 7.56. The molecule has 0 aliphatic carbocycles. The quantitative estimate of drug-likeness (QED) is 0.845. The van der Waals surface area contributed by atoms with Crippen LogP contribution in [0.15, 0.2) is 18.2 Å². The van der Waals surface area contributed by atoms with Gasteiger partial charge in [0.2, 0.25) is 0 Å². The summed E-state index contributed by atoms with van der Waals surface area (Å²) in [7, 11) is 2.57. The Balaban J connectivity index is 2.58. The molecule has 1 aromatic rings. The summed E-state index contributed by atoms with van der Waals surface area (Å²) >= 11 is 13.3. The lowest BCUT2D eigenvalue weighted by molar-refractivity contribution is 0.548. The molecule has 0 fully saturated rings. The number of halogens is 2. The molecule has 0 bridgehead atoms. The summed E-state index contributed by atoms with van der Waals surface area (Å²) in [6, 6.07) is 5.41. The van der Waals surface area contributed by atoms with Crippen molar-refractivity contribution in [2.45, 2.75) is 5.75 Å². The molecule has 0 aromatic heterocycles. The van der Waals surface area contributed by atoms with E-state index in [4.69, 9.17) is 23.2 Å². The monoisotopic (exact) mass is 283 g/mol. The molecule has 0 amide bonds. The van der Waals surface area contributed by atoms with Crippen LogP contribution in [0, 0.1) is 0 Å². The Bertz CT molecular complexity index is 338. The standard InChI is InChI=1S/C9H12Cl2NOPS/c1-12(2)14(13)15-6-7-3-4-8(10)5-9(7)11/h3-5,13H,6H2,1-2H3. The minimum Gasteiger partial charge on any atom is -0.351 e. The van der Waals surface area contributed by atoms with E-state index in [0.717, 1.165) is 5.56 Å². The van der Waals surface area contributed by atoms with Crippen LogP contribution in [0.4, 0.5) is 0 Å². The highest BCUT2D eigenvalue weighted by Gasteiger charge is 2.09. The molecule has 1 aromatic carbocycles. The van der Waals surface area contributed by atoms with Gasteiger partial charge in [-0.05, 0) is 31.8 Å². The average molecular weight is 284 g/mol. The van der Waals surface area contributed by atoms with Crippen molar-refractivity contribution in [3.63, 3.8) is 0 Å². The van der Waals surface area contributed by atoms with E-state index in [1.165, 1.54) is 11.4 Å². The molecule has 0 aliphatic heterocycles. The lowest BCUT2D eigenvalue weighted by Gasteiger charge is -2.16. The molecule has 0 radical (unpaired) electrons. The highest BCUT2D eigenvalue weighted by atomic mass is 35.5. The summed E-state index contributed by atoms with van der Waals surface area (Å²) in [5.74, 6) is 0.691. The first-order valence-electron chi connectivity index (χ1n) is 4.24. The van der Waals surface area contributed by atoms with E-state index in [2.05, 4.69) is 0 Å². The summed E-state index contributed by atoms with van der Waals surface area (Å²) in [5.41, 5.74) is 0.995. The summed E-state index contributed by atoms with van der Waals surface area (Å²) in [4.78, 5) is 9.62. The maximum absolute atomic E-state index is 9.62. The van der Waals surface area contributed by atoms with Crippen LogP contribution in [0.3, 0.4) is 0 Å². The van der Waals surface area contributed by atoms with E-state index in [9.17, 15) is 4.89 Å². The minimum atomic E-state index is -1.12. The molecule has 0 saturated heterocycles. The third-order valence-corrected chi connectivity index (χ3v) is 5.70. The van der Waals surface area contributed by atoms with Crippen molar-refractivity contribution in [2.24, 2.45) is 0 Å². The van der Waals surface area contributed by atoms with Gasteiger partial charge in [0, 0.05) is 15.8 Å². The number of nitrogens with zero attached hydrogens (tertiary/aromatic N) is 1. The zero-order valence-corrected chi connectivity index (χ0v) is 11.7. The summed E-state index contributed by atoms with van der Waals surface area (Å²) in [6.45, 7) is 0. The molecule has 0 heterocycles. The fourth-order valence-electron chi connectivity index (χ4n) is 0.881. The maximum Gasteiger partial charge on any atom is 0.166 e. The van der Waals surface area contributed by atoms with Gasteiger partial charge in [0.25, 0.3) is 0 Å². The van der Waals surface area contributed by atoms with Crippen LogP contribution in [0.1, 0.15) is 5.56 Å². The average Bonchev–Trinajstić information content (AvgIpc) is 2.15. The normalized spacial score (nSPS) is 13.2. The van der Waals surface area contributed by atoms with Crippen molar-refractivity contribution < 1.29 is 4.89 Å². The van der Waals surface area contributed by atoms with Crippen molar-refractivity contribution in [3.05, 3.63) is 33.8 Å². The van der Waals surface area contributed by atoms with E-state index >= 15 is 0 Å². The van der Waals surface area contributed by atoms with Crippen LogP contribution < -0.4 is 0 Å². The van der Waals surface area contributed by atoms with Crippen LogP contribution in [0.25, 0.3) is 0 Å². The van der Waals surface area contributed by atoms with Crippen LogP contribution in [0.2, 0.25) is 10.0 Å². The number of rotatable bonds is 4. The van der Waals surface area contributed by atoms with Crippen molar-refractivity contribution in [2.75, 3.05) is 14.1 Å². The molecule has 1 rings (SSSR count). The van der Waals surface area contributed by atoms with Crippen molar-refractivity contribution in [1.29, 1.82) is 0 Å². The topological polar surface area (TPSA) is 23.5 Å². The van der Waals surface area contributed by atoms with Gasteiger partial charge in [-0.3, -0.25) is 4.67 Å². The van der Waals surface area contributed by atoms with Crippen molar-refractivity contribution in [3.8, 4) is 0 Å². The molecule has 0 saturated carbocycles. The van der Waals surface area contributed by atoms with Crippen LogP contribution in [0.5, 0.6) is 0 Å². The molecule has 0 aliphatic rings. The Kier molecular flexibility index (Phi) is 5.69. The fraction of sp³-hybridized carbons (Fsp3) is 0.333. The van der Waals surface area contributed by atoms with E-state index in [0.29, 0.717) is 15.8 Å². The molecule has 0 spiro atoms. The third kappa shape index (κ3) is 4.48. The van der Waals surface area contributed by atoms with Gasteiger partial charge in [0.15, 0.2) is 7.50 Å². The number of hydrogen-bond acceptors (Lipinski definition) is 3. The van der Waals surface area contributed by atoms with Crippen LogP contribution in [-0.4, -0.2) is 23.7 Å². The molecular weight excluding hydrogens is 272 g/mol. The first-order chi connectivity index (χ1) is 7.00. The first kappa shape index (κ1) is 13.6. The largest absolute Gasteiger partial charge is 0.351 e. The lowest BCUT2D eigenvalue weighted by atomic mass is 10.2. The Morgan fingerprint density at radius 2 is 2.07 bits per heavy atom. The molecular formula is C9H12Cl2NOPS. The SMILES string of the molecule is CN(C)P(O)SCc1ccc(Cl)cc1Cl. The van der Waals surface area contributed by atoms with Gasteiger partial charge in [0.1, 0.15) is 0 Å². The fourth-order valence-corrected chi connectivity index (χ4v) is 3.63. The molecule has 1 N–H and O–H groups in total. The van der Waals surface area contributed by atoms with Gasteiger partial charge in [-0.2, -0.15) is 0 Å². The molecule has 15 heavy (non-hydrogen) atoms. The van der Waals surface area contributed by atoms with E-state index in [-0.39, 0.29) is 0 Å². The summed E-state index contributed by atoms with van der Waals surface area (Å²) in [6.07, 6.45) is 0. The third-order valence-electron chi connectivity index (χ3n) is 1.69. The second-order valence-electron chi connectivity index (χ2n) is 3.11. The van der Waals surface area contributed by atoms with Crippen molar-refractivity contribution in [1.82, 2.24) is 4.67 Å².